The quantitative estimate of drug-likeness (QED) is 0.229. The van der Waals surface area contributed by atoms with Crippen LogP contribution in [0.25, 0.3) is 0 Å². The zero-order valence-electron chi connectivity index (χ0n) is 7.88. The zero-order valence-corrected chi connectivity index (χ0v) is 7.88. The molecule has 7 heteroatoms. The summed E-state index contributed by atoms with van der Waals surface area (Å²) in [6, 6.07) is 0. The van der Waals surface area contributed by atoms with E-state index in [2.05, 4.69) is 4.98 Å². The topological polar surface area (TPSA) is 87.0 Å². The molecule has 14 heavy (non-hydrogen) atoms. The lowest BCUT2D eigenvalue weighted by Crippen LogP contribution is -2.09. The van der Waals surface area contributed by atoms with Gasteiger partial charge in [-0.2, -0.15) is 0 Å². The van der Waals surface area contributed by atoms with Crippen LogP contribution in [0.1, 0.15) is 12.7 Å². The Balaban J connectivity index is 3.07. The van der Waals surface area contributed by atoms with Crippen molar-refractivity contribution in [3.63, 3.8) is 0 Å². The average molecular weight is 198 g/mol. The van der Waals surface area contributed by atoms with Crippen LogP contribution in [-0.4, -0.2) is 32.0 Å². The molecule has 0 aliphatic heterocycles. The van der Waals surface area contributed by atoms with Gasteiger partial charge < -0.3 is 15.3 Å². The third kappa shape index (κ3) is 1.87. The van der Waals surface area contributed by atoms with E-state index in [-0.39, 0.29) is 18.2 Å². The molecule has 7 nitrogen and oxygen atoms in total. The first-order chi connectivity index (χ1) is 6.56. The average Bonchev–Trinajstić information content (AvgIpc) is 2.48. The largest absolute Gasteiger partial charge is 0.624 e. The molecule has 0 N–H and O–H groups in total. The number of aromatic nitrogens is 2. The van der Waals surface area contributed by atoms with Crippen molar-refractivity contribution in [2.75, 3.05) is 6.54 Å². The Labute approximate surface area is 80.0 Å². The summed E-state index contributed by atoms with van der Waals surface area (Å²) in [5.41, 5.74) is 0. The Kier molecular flexibility index (Phi) is 2.80. The van der Waals surface area contributed by atoms with Crippen molar-refractivity contribution in [1.82, 2.24) is 9.55 Å². The molecule has 0 unspecified atom stereocenters. The smallest absolute Gasteiger partial charge is 0.343 e. The minimum Gasteiger partial charge on any atom is -0.624 e. The molecule has 0 aliphatic rings. The van der Waals surface area contributed by atoms with Gasteiger partial charge in [0.25, 0.3) is 5.82 Å². The molecule has 1 aromatic heterocycles. The van der Waals surface area contributed by atoms with E-state index in [1.54, 1.807) is 6.92 Å². The molecule has 0 radical (unpaired) electrons. The van der Waals surface area contributed by atoms with E-state index < -0.39 is 4.92 Å². The predicted octanol–water partition coefficient (Wildman–Crippen LogP) is 0.277. The molecule has 1 heterocycles. The minimum atomic E-state index is -0.550. The van der Waals surface area contributed by atoms with Gasteiger partial charge in [0.15, 0.2) is 6.54 Å². The highest BCUT2D eigenvalue weighted by Gasteiger charge is 2.16. The van der Waals surface area contributed by atoms with Crippen molar-refractivity contribution in [3.8, 4) is 0 Å². The van der Waals surface area contributed by atoms with Gasteiger partial charge in [0, 0.05) is 0 Å². The van der Waals surface area contributed by atoms with E-state index in [0.29, 0.717) is 4.74 Å². The number of imidazole rings is 1. The van der Waals surface area contributed by atoms with E-state index in [0.717, 1.165) is 6.20 Å². The maximum Gasteiger partial charge on any atom is 0.343 e. The van der Waals surface area contributed by atoms with Crippen LogP contribution >= 0.6 is 0 Å². The van der Waals surface area contributed by atoms with Crippen LogP contribution in [0.5, 0.6) is 0 Å². The number of hydroxylamine groups is 1. The highest BCUT2D eigenvalue weighted by atomic mass is 16.6. The number of nitrogens with zero attached hydrogens (tertiary/aromatic N) is 4. The van der Waals surface area contributed by atoms with Crippen LogP contribution in [0.4, 0.5) is 5.82 Å². The third-order valence-corrected chi connectivity index (χ3v) is 1.76. The second-order valence-corrected chi connectivity index (χ2v) is 2.65. The van der Waals surface area contributed by atoms with Crippen LogP contribution < -0.4 is 0 Å². The Bertz CT molecular complexity index is 382. The lowest BCUT2D eigenvalue weighted by Gasteiger charge is -1.97. The van der Waals surface area contributed by atoms with Gasteiger partial charge >= 0.3 is 5.82 Å². The minimum absolute atomic E-state index is 0.138. The van der Waals surface area contributed by atoms with Gasteiger partial charge in [-0.3, -0.25) is 0 Å². The molecule has 1 aromatic rings. The number of nitro groups is 1. The second-order valence-electron chi connectivity index (χ2n) is 2.65. The van der Waals surface area contributed by atoms with Gasteiger partial charge in [0.2, 0.25) is 6.21 Å². The van der Waals surface area contributed by atoms with Crippen molar-refractivity contribution in [3.05, 3.63) is 27.3 Å². The number of rotatable bonds is 3. The van der Waals surface area contributed by atoms with Gasteiger partial charge in [-0.15, -0.1) is 0 Å². The molecular weight excluding hydrogens is 188 g/mol. The first kappa shape index (κ1) is 10.2. The van der Waals surface area contributed by atoms with Crippen molar-refractivity contribution >= 4 is 12.0 Å². The molecule has 0 spiro atoms. The van der Waals surface area contributed by atoms with Gasteiger partial charge in [0.1, 0.15) is 6.20 Å². The van der Waals surface area contributed by atoms with E-state index in [1.807, 2.05) is 0 Å². The standard InChI is InChI=1S/C7H10N4O3/c1-3-10(12)5-6-8-4-7(9(6)2)11(13)14/h4-5H,3H2,1-2H3/b10-5+. The summed E-state index contributed by atoms with van der Waals surface area (Å²) in [6.45, 7) is 1.96. The first-order valence-electron chi connectivity index (χ1n) is 4.01. The molecule has 0 atom stereocenters. The van der Waals surface area contributed by atoms with Crippen molar-refractivity contribution < 1.29 is 9.66 Å². The molecule has 0 aliphatic carbocycles. The SMILES string of the molecule is CC/[N+]([O-])=C\c1ncc([N+](=O)[O-])n1C. The Morgan fingerprint density at radius 2 is 2.29 bits per heavy atom. The first-order valence-corrected chi connectivity index (χ1v) is 4.01. The summed E-state index contributed by atoms with van der Waals surface area (Å²) >= 11 is 0. The molecule has 0 amide bonds. The second kappa shape index (κ2) is 3.86. The summed E-state index contributed by atoms with van der Waals surface area (Å²) in [5, 5.41) is 21.4. The van der Waals surface area contributed by atoms with E-state index in [1.165, 1.54) is 17.8 Å². The fraction of sp³-hybridized carbons (Fsp3) is 0.429. The third-order valence-electron chi connectivity index (χ3n) is 1.76. The Morgan fingerprint density at radius 3 is 2.71 bits per heavy atom. The zero-order chi connectivity index (χ0) is 10.7. The van der Waals surface area contributed by atoms with E-state index in [9.17, 15) is 15.3 Å². The number of hydrogen-bond acceptors (Lipinski definition) is 4. The van der Waals surface area contributed by atoms with Crippen LogP contribution in [0.3, 0.4) is 0 Å². The fourth-order valence-corrected chi connectivity index (χ4v) is 0.924. The Morgan fingerprint density at radius 1 is 1.64 bits per heavy atom. The lowest BCUT2D eigenvalue weighted by atomic mass is 10.6. The monoisotopic (exact) mass is 198 g/mol. The van der Waals surface area contributed by atoms with Crippen molar-refractivity contribution in [2.45, 2.75) is 6.92 Å². The predicted molar refractivity (Wildman–Crippen MR) is 49.2 cm³/mol. The molecule has 0 saturated carbocycles. The van der Waals surface area contributed by atoms with Gasteiger partial charge in [-0.05, 0) is 11.8 Å². The highest BCUT2D eigenvalue weighted by Crippen LogP contribution is 2.09. The molecule has 0 aromatic carbocycles. The van der Waals surface area contributed by atoms with Crippen molar-refractivity contribution in [2.24, 2.45) is 7.05 Å². The summed E-state index contributed by atoms with van der Waals surface area (Å²) in [5.74, 6) is 0.134. The molecule has 0 fully saturated rings. The fourth-order valence-electron chi connectivity index (χ4n) is 0.924. The molecule has 76 valence electrons. The van der Waals surface area contributed by atoms with Crippen LogP contribution in [-0.2, 0) is 7.05 Å². The normalized spacial score (nSPS) is 11.7. The maximum atomic E-state index is 11.0. The van der Waals surface area contributed by atoms with E-state index in [4.69, 9.17) is 0 Å². The molecule has 0 bridgehead atoms. The Hall–Kier alpha value is -1.92. The van der Waals surface area contributed by atoms with Gasteiger partial charge in [0.05, 0.1) is 7.05 Å². The maximum absolute atomic E-state index is 11.0. The molecular formula is C7H10N4O3. The lowest BCUT2D eigenvalue weighted by molar-refractivity contribution is -0.448. The van der Waals surface area contributed by atoms with Gasteiger partial charge in [-0.1, -0.05) is 0 Å². The van der Waals surface area contributed by atoms with Crippen molar-refractivity contribution in [1.29, 1.82) is 0 Å². The van der Waals surface area contributed by atoms with E-state index >= 15 is 0 Å². The summed E-state index contributed by atoms with van der Waals surface area (Å²) in [7, 11) is 1.49. The van der Waals surface area contributed by atoms with Crippen LogP contribution in [0.15, 0.2) is 6.20 Å². The molecule has 1 rings (SSSR count). The van der Waals surface area contributed by atoms with Gasteiger partial charge in [-0.25, -0.2) is 14.3 Å². The summed E-state index contributed by atoms with van der Waals surface area (Å²) in [6.07, 6.45) is 2.34. The highest BCUT2D eigenvalue weighted by molar-refractivity contribution is 5.71. The summed E-state index contributed by atoms with van der Waals surface area (Å²) < 4.78 is 1.91. The number of hydrogen-bond donors (Lipinski definition) is 0. The van der Waals surface area contributed by atoms with Crippen LogP contribution in [0.2, 0.25) is 0 Å². The summed E-state index contributed by atoms with van der Waals surface area (Å²) in [4.78, 5) is 13.6. The van der Waals surface area contributed by atoms with Crippen LogP contribution in [0, 0.1) is 15.3 Å². The molecule has 0 saturated heterocycles.